The predicted molar refractivity (Wildman–Crippen MR) is 96.5 cm³/mol. The second-order valence-electron chi connectivity index (χ2n) is 6.14. The summed E-state index contributed by atoms with van der Waals surface area (Å²) in [6.45, 7) is 1.37. The van der Waals surface area contributed by atoms with E-state index in [1.54, 1.807) is 29.2 Å². The minimum Gasteiger partial charge on any atom is -0.444 e. The van der Waals surface area contributed by atoms with E-state index in [1.165, 1.54) is 24.3 Å². The van der Waals surface area contributed by atoms with Crippen LogP contribution in [0.2, 0.25) is 0 Å². The Labute approximate surface area is 151 Å². The molecule has 0 unspecified atom stereocenters. The molecule has 134 valence electrons. The summed E-state index contributed by atoms with van der Waals surface area (Å²) in [6, 6.07) is 14.8. The highest BCUT2D eigenvalue weighted by Gasteiger charge is 2.30. The fraction of sp³-hybridized carbons (Fsp3) is 0.238. The smallest absolute Gasteiger partial charge is 0.331 e. The van der Waals surface area contributed by atoms with Crippen LogP contribution in [0, 0.1) is 5.82 Å². The van der Waals surface area contributed by atoms with Crippen LogP contribution in [0.15, 0.2) is 60.7 Å². The van der Waals surface area contributed by atoms with E-state index in [2.05, 4.69) is 0 Å². The monoisotopic (exact) mass is 353 g/mol. The number of benzene rings is 2. The minimum atomic E-state index is -0.959. The van der Waals surface area contributed by atoms with Crippen LogP contribution in [0.25, 0.3) is 6.08 Å². The van der Waals surface area contributed by atoms with Gasteiger partial charge in [0.25, 0.3) is 5.91 Å². The molecule has 2 aromatic rings. The molecule has 1 fully saturated rings. The fourth-order valence-electron chi connectivity index (χ4n) is 2.89. The van der Waals surface area contributed by atoms with Gasteiger partial charge >= 0.3 is 5.97 Å². The number of likely N-dealkylation sites (tertiary alicyclic amines) is 1. The van der Waals surface area contributed by atoms with Crippen molar-refractivity contribution in [3.8, 4) is 0 Å². The van der Waals surface area contributed by atoms with Crippen LogP contribution < -0.4 is 0 Å². The summed E-state index contributed by atoms with van der Waals surface area (Å²) in [5, 5.41) is 0. The van der Waals surface area contributed by atoms with Gasteiger partial charge in [0.05, 0.1) is 0 Å². The number of carbonyl (C=O) groups is 2. The number of halogens is 1. The normalized spacial score (nSPS) is 15.2. The van der Waals surface area contributed by atoms with Crippen molar-refractivity contribution in [1.29, 1.82) is 0 Å². The van der Waals surface area contributed by atoms with E-state index >= 15 is 0 Å². The van der Waals surface area contributed by atoms with Crippen molar-refractivity contribution in [2.24, 2.45) is 0 Å². The van der Waals surface area contributed by atoms with Crippen molar-refractivity contribution in [3.05, 3.63) is 77.6 Å². The highest BCUT2D eigenvalue weighted by molar-refractivity contribution is 5.91. The largest absolute Gasteiger partial charge is 0.444 e. The van der Waals surface area contributed by atoms with E-state index in [0.29, 0.717) is 24.2 Å². The summed E-state index contributed by atoms with van der Waals surface area (Å²) in [5.41, 5.74) is 1.32. The molecule has 1 saturated heterocycles. The van der Waals surface area contributed by atoms with Gasteiger partial charge in [0.15, 0.2) is 0 Å². The number of hydrogen-bond acceptors (Lipinski definition) is 3. The Morgan fingerprint density at radius 3 is 2.31 bits per heavy atom. The fourth-order valence-corrected chi connectivity index (χ4v) is 2.89. The molecule has 2 aromatic carbocycles. The maximum Gasteiger partial charge on any atom is 0.331 e. The molecule has 5 heteroatoms. The van der Waals surface area contributed by atoms with Crippen molar-refractivity contribution < 1.29 is 18.7 Å². The Hall–Kier alpha value is -2.95. The van der Waals surface area contributed by atoms with Crippen molar-refractivity contribution in [1.82, 2.24) is 4.90 Å². The molecule has 1 atom stereocenters. The molecule has 0 saturated carbocycles. The first-order valence-electron chi connectivity index (χ1n) is 8.61. The summed E-state index contributed by atoms with van der Waals surface area (Å²) in [5.74, 6) is -1.15. The van der Waals surface area contributed by atoms with Gasteiger partial charge in [-0.25, -0.2) is 9.18 Å². The Morgan fingerprint density at radius 2 is 1.65 bits per heavy atom. The summed E-state index contributed by atoms with van der Waals surface area (Å²) >= 11 is 0. The highest BCUT2D eigenvalue weighted by Crippen LogP contribution is 2.23. The minimum absolute atomic E-state index is 0.197. The molecule has 0 bridgehead atoms. The molecule has 1 amide bonds. The lowest BCUT2D eigenvalue weighted by atomic mass is 10.1. The Morgan fingerprint density at radius 1 is 1.00 bits per heavy atom. The van der Waals surface area contributed by atoms with E-state index in [0.717, 1.165) is 12.8 Å². The molecule has 0 aliphatic carbocycles. The van der Waals surface area contributed by atoms with Crippen LogP contribution in [0.1, 0.15) is 30.1 Å². The molecule has 1 aliphatic heterocycles. The van der Waals surface area contributed by atoms with Gasteiger partial charge in [0, 0.05) is 24.7 Å². The lowest BCUT2D eigenvalue weighted by Gasteiger charge is -2.23. The molecule has 0 radical (unpaired) electrons. The molecule has 0 N–H and O–H groups in total. The van der Waals surface area contributed by atoms with E-state index in [4.69, 9.17) is 4.74 Å². The van der Waals surface area contributed by atoms with Crippen LogP contribution in [0.5, 0.6) is 0 Å². The number of esters is 1. The van der Waals surface area contributed by atoms with E-state index in [9.17, 15) is 14.0 Å². The first-order valence-corrected chi connectivity index (χ1v) is 8.61. The van der Waals surface area contributed by atoms with Crippen LogP contribution in [-0.2, 0) is 14.3 Å². The van der Waals surface area contributed by atoms with Crippen molar-refractivity contribution in [3.63, 3.8) is 0 Å². The SMILES string of the molecule is O=C(/C=C/c1ccc(F)cc1)O[C@@H](C(=O)N1CCCC1)c1ccccc1. The first-order chi connectivity index (χ1) is 12.6. The molecule has 4 nitrogen and oxygen atoms in total. The van der Waals surface area contributed by atoms with Gasteiger partial charge in [0.2, 0.25) is 6.10 Å². The van der Waals surface area contributed by atoms with Gasteiger partial charge in [-0.2, -0.15) is 0 Å². The maximum atomic E-state index is 12.9. The van der Waals surface area contributed by atoms with E-state index in [1.807, 2.05) is 18.2 Å². The average Bonchev–Trinajstić information content (AvgIpc) is 3.21. The third-order valence-corrected chi connectivity index (χ3v) is 4.26. The zero-order chi connectivity index (χ0) is 18.4. The number of amides is 1. The van der Waals surface area contributed by atoms with Gasteiger partial charge < -0.3 is 9.64 Å². The highest BCUT2D eigenvalue weighted by atomic mass is 19.1. The summed E-state index contributed by atoms with van der Waals surface area (Å²) in [6.07, 6.45) is 3.75. The maximum absolute atomic E-state index is 12.9. The summed E-state index contributed by atoms with van der Waals surface area (Å²) < 4.78 is 18.4. The van der Waals surface area contributed by atoms with Gasteiger partial charge in [-0.05, 0) is 36.6 Å². The van der Waals surface area contributed by atoms with Crippen molar-refractivity contribution >= 4 is 18.0 Å². The van der Waals surface area contributed by atoms with Crippen LogP contribution in [0.4, 0.5) is 4.39 Å². The lowest BCUT2D eigenvalue weighted by Crippen LogP contribution is -2.34. The molecule has 0 aromatic heterocycles. The standard InChI is InChI=1S/C21H20FNO3/c22-18-11-8-16(9-12-18)10-13-19(24)26-20(17-6-2-1-3-7-17)21(25)23-14-4-5-15-23/h1-3,6-13,20H,4-5,14-15H2/b13-10+/t20-/m1/s1. The van der Waals surface area contributed by atoms with Crippen LogP contribution in [0.3, 0.4) is 0 Å². The Kier molecular flexibility index (Phi) is 5.79. The summed E-state index contributed by atoms with van der Waals surface area (Å²) in [4.78, 5) is 26.7. The van der Waals surface area contributed by atoms with Gasteiger partial charge in [-0.15, -0.1) is 0 Å². The number of ether oxygens (including phenoxy) is 1. The predicted octanol–water partition coefficient (Wildman–Crippen LogP) is 3.75. The molecule has 0 spiro atoms. The number of carbonyl (C=O) groups excluding carboxylic acids is 2. The molecule has 1 aliphatic rings. The number of rotatable bonds is 5. The Bertz CT molecular complexity index is 781. The second-order valence-corrected chi connectivity index (χ2v) is 6.14. The van der Waals surface area contributed by atoms with Gasteiger partial charge in [0.1, 0.15) is 5.82 Å². The zero-order valence-electron chi connectivity index (χ0n) is 14.3. The lowest BCUT2D eigenvalue weighted by molar-refractivity contribution is -0.156. The average molecular weight is 353 g/mol. The Balaban J connectivity index is 1.73. The van der Waals surface area contributed by atoms with Crippen LogP contribution >= 0.6 is 0 Å². The van der Waals surface area contributed by atoms with E-state index in [-0.39, 0.29) is 11.7 Å². The van der Waals surface area contributed by atoms with Crippen molar-refractivity contribution in [2.75, 3.05) is 13.1 Å². The number of hydrogen-bond donors (Lipinski definition) is 0. The zero-order valence-corrected chi connectivity index (χ0v) is 14.3. The molecular weight excluding hydrogens is 333 g/mol. The topological polar surface area (TPSA) is 46.6 Å². The van der Waals surface area contributed by atoms with Crippen LogP contribution in [-0.4, -0.2) is 29.9 Å². The number of nitrogens with zero attached hydrogens (tertiary/aromatic N) is 1. The van der Waals surface area contributed by atoms with Crippen molar-refractivity contribution in [2.45, 2.75) is 18.9 Å². The second kappa shape index (κ2) is 8.43. The van der Waals surface area contributed by atoms with E-state index < -0.39 is 12.1 Å². The summed E-state index contributed by atoms with van der Waals surface area (Å²) in [7, 11) is 0. The molecule has 3 rings (SSSR count). The third-order valence-electron chi connectivity index (χ3n) is 4.26. The quantitative estimate of drug-likeness (QED) is 0.608. The molecule has 26 heavy (non-hydrogen) atoms. The van der Waals surface area contributed by atoms with Gasteiger partial charge in [-0.1, -0.05) is 42.5 Å². The molecular formula is C21H20FNO3. The first kappa shape index (κ1) is 17.9. The third kappa shape index (κ3) is 4.57. The molecule has 1 heterocycles. The van der Waals surface area contributed by atoms with Gasteiger partial charge in [-0.3, -0.25) is 4.79 Å².